The van der Waals surface area contributed by atoms with Crippen LogP contribution >= 0.6 is 0 Å². The smallest absolute Gasteiger partial charge is 0.338 e. The van der Waals surface area contributed by atoms with E-state index in [1.165, 1.54) is 33.5 Å². The Hall–Kier alpha value is -3.22. The van der Waals surface area contributed by atoms with Crippen LogP contribution in [0.4, 0.5) is 5.69 Å². The van der Waals surface area contributed by atoms with E-state index in [0.29, 0.717) is 18.8 Å². The molecule has 2 rings (SSSR count). The third kappa shape index (κ3) is 6.13. The number of para-hydroxylation sites is 1. The van der Waals surface area contributed by atoms with Gasteiger partial charge in [0.1, 0.15) is 0 Å². The summed E-state index contributed by atoms with van der Waals surface area (Å²) in [5.41, 5.74) is 0.621. The van der Waals surface area contributed by atoms with Crippen LogP contribution in [0.2, 0.25) is 0 Å². The Balaban J connectivity index is 2.13. The number of carbonyl (C=O) groups excluding carboxylic acids is 2. The molecule has 0 aliphatic carbocycles. The minimum atomic E-state index is -3.73. The topological polar surface area (TPSA) is 108 Å². The molecule has 0 bridgehead atoms. The van der Waals surface area contributed by atoms with Gasteiger partial charge in [-0.2, -0.15) is 9.57 Å². The van der Waals surface area contributed by atoms with Crippen molar-refractivity contribution in [3.63, 3.8) is 0 Å². The van der Waals surface area contributed by atoms with Crippen molar-refractivity contribution in [1.29, 1.82) is 5.26 Å². The molecule has 8 nitrogen and oxygen atoms in total. The Kier molecular flexibility index (Phi) is 8.73. The SMILES string of the molecule is CCN(CC)S(=O)(=O)c1cccc(C(=O)OCC(=O)N(CCC#N)c2ccccc2)c1. The molecule has 9 heteroatoms. The van der Waals surface area contributed by atoms with Crippen molar-refractivity contribution in [2.75, 3.05) is 31.1 Å². The van der Waals surface area contributed by atoms with Gasteiger partial charge in [0, 0.05) is 25.3 Å². The van der Waals surface area contributed by atoms with Gasteiger partial charge < -0.3 is 9.64 Å². The summed E-state index contributed by atoms with van der Waals surface area (Å²) >= 11 is 0. The first-order chi connectivity index (χ1) is 14.8. The molecule has 164 valence electrons. The highest BCUT2D eigenvalue weighted by atomic mass is 32.2. The summed E-state index contributed by atoms with van der Waals surface area (Å²) in [6.07, 6.45) is 0.125. The number of esters is 1. The molecule has 0 aliphatic rings. The molecule has 2 aromatic carbocycles. The van der Waals surface area contributed by atoms with Crippen LogP contribution in [0.3, 0.4) is 0 Å². The van der Waals surface area contributed by atoms with Crippen molar-refractivity contribution in [1.82, 2.24) is 4.31 Å². The molecular formula is C22H25N3O5S. The van der Waals surface area contributed by atoms with Crippen LogP contribution in [0.25, 0.3) is 0 Å². The van der Waals surface area contributed by atoms with Crippen molar-refractivity contribution in [2.24, 2.45) is 0 Å². The lowest BCUT2D eigenvalue weighted by molar-refractivity contribution is -0.121. The Morgan fingerprint density at radius 2 is 1.71 bits per heavy atom. The quantitative estimate of drug-likeness (QED) is 0.523. The number of amides is 1. The van der Waals surface area contributed by atoms with Crippen LogP contribution in [0.5, 0.6) is 0 Å². The van der Waals surface area contributed by atoms with E-state index in [0.717, 1.165) is 0 Å². The lowest BCUT2D eigenvalue weighted by atomic mass is 10.2. The van der Waals surface area contributed by atoms with Crippen molar-refractivity contribution in [3.05, 3.63) is 60.2 Å². The predicted molar refractivity (Wildman–Crippen MR) is 116 cm³/mol. The average Bonchev–Trinajstić information content (AvgIpc) is 2.79. The van der Waals surface area contributed by atoms with Gasteiger partial charge in [-0.05, 0) is 30.3 Å². The normalized spacial score (nSPS) is 11.0. The Morgan fingerprint density at radius 1 is 1.03 bits per heavy atom. The molecular weight excluding hydrogens is 418 g/mol. The van der Waals surface area contributed by atoms with Gasteiger partial charge in [-0.15, -0.1) is 0 Å². The molecule has 0 atom stereocenters. The molecule has 0 spiro atoms. The minimum absolute atomic E-state index is 0.0168. The van der Waals surface area contributed by atoms with Crippen LogP contribution in [-0.4, -0.2) is 50.8 Å². The summed E-state index contributed by atoms with van der Waals surface area (Å²) < 4.78 is 31.8. The molecule has 0 saturated carbocycles. The zero-order valence-electron chi connectivity index (χ0n) is 17.5. The summed E-state index contributed by atoms with van der Waals surface area (Å²) in [7, 11) is -3.73. The van der Waals surface area contributed by atoms with Gasteiger partial charge in [0.25, 0.3) is 5.91 Å². The summed E-state index contributed by atoms with van der Waals surface area (Å²) in [5, 5.41) is 8.85. The first kappa shape index (κ1) is 24.1. The van der Waals surface area contributed by atoms with E-state index in [2.05, 4.69) is 0 Å². The molecule has 0 N–H and O–H groups in total. The van der Waals surface area contributed by atoms with E-state index in [1.807, 2.05) is 6.07 Å². The number of carbonyl (C=O) groups is 2. The van der Waals surface area contributed by atoms with Gasteiger partial charge in [-0.25, -0.2) is 13.2 Å². The maximum absolute atomic E-state index is 12.7. The number of hydrogen-bond acceptors (Lipinski definition) is 6. The van der Waals surface area contributed by atoms with E-state index in [9.17, 15) is 18.0 Å². The standard InChI is InChI=1S/C22H25N3O5S/c1-3-24(4-2)31(28,29)20-13-8-10-18(16-20)22(27)30-17-21(26)25(15-9-14-23)19-11-6-5-7-12-19/h5-8,10-13,16H,3-4,9,15,17H2,1-2H3. The van der Waals surface area contributed by atoms with Gasteiger partial charge in [-0.1, -0.05) is 38.1 Å². The average molecular weight is 444 g/mol. The van der Waals surface area contributed by atoms with Crippen LogP contribution < -0.4 is 4.90 Å². The second kappa shape index (κ2) is 11.2. The lowest BCUT2D eigenvalue weighted by Gasteiger charge is -2.21. The van der Waals surface area contributed by atoms with Gasteiger partial charge in [0.05, 0.1) is 22.9 Å². The molecule has 0 saturated heterocycles. The van der Waals surface area contributed by atoms with Gasteiger partial charge in [0.2, 0.25) is 10.0 Å². The van der Waals surface area contributed by atoms with Crippen molar-refractivity contribution in [3.8, 4) is 6.07 Å². The van der Waals surface area contributed by atoms with Crippen LogP contribution in [0.1, 0.15) is 30.6 Å². The largest absolute Gasteiger partial charge is 0.452 e. The zero-order chi connectivity index (χ0) is 22.9. The summed E-state index contributed by atoms with van der Waals surface area (Å²) in [6, 6.07) is 16.3. The minimum Gasteiger partial charge on any atom is -0.452 e. The second-order valence-corrected chi connectivity index (χ2v) is 8.42. The van der Waals surface area contributed by atoms with Gasteiger partial charge in [0.15, 0.2) is 6.61 Å². The van der Waals surface area contributed by atoms with Gasteiger partial charge >= 0.3 is 5.97 Å². The maximum Gasteiger partial charge on any atom is 0.338 e. The van der Waals surface area contributed by atoms with Crippen LogP contribution in [0, 0.1) is 11.3 Å². The number of ether oxygens (including phenoxy) is 1. The summed E-state index contributed by atoms with van der Waals surface area (Å²) in [5.74, 6) is -1.29. The molecule has 1 amide bonds. The highest BCUT2D eigenvalue weighted by Crippen LogP contribution is 2.18. The molecule has 0 fully saturated rings. The summed E-state index contributed by atoms with van der Waals surface area (Å²) in [6.45, 7) is 3.70. The molecule has 0 radical (unpaired) electrons. The van der Waals surface area contributed by atoms with E-state index in [4.69, 9.17) is 10.00 Å². The Labute approximate surface area is 182 Å². The van der Waals surface area contributed by atoms with Crippen LogP contribution in [-0.2, 0) is 19.6 Å². The van der Waals surface area contributed by atoms with E-state index < -0.39 is 28.5 Å². The molecule has 0 heterocycles. The van der Waals surface area contributed by atoms with Crippen molar-refractivity contribution >= 4 is 27.6 Å². The number of anilines is 1. The fraction of sp³-hybridized carbons (Fsp3) is 0.318. The van der Waals surface area contributed by atoms with Crippen LogP contribution in [0.15, 0.2) is 59.5 Å². The van der Waals surface area contributed by atoms with Crippen molar-refractivity contribution in [2.45, 2.75) is 25.2 Å². The number of sulfonamides is 1. The van der Waals surface area contributed by atoms with Crippen molar-refractivity contribution < 1.29 is 22.7 Å². The maximum atomic E-state index is 12.7. The molecule has 0 unspecified atom stereocenters. The lowest BCUT2D eigenvalue weighted by Crippen LogP contribution is -2.35. The number of nitriles is 1. The van der Waals surface area contributed by atoms with E-state index in [1.54, 1.807) is 44.2 Å². The number of rotatable bonds is 10. The molecule has 31 heavy (non-hydrogen) atoms. The third-order valence-electron chi connectivity index (χ3n) is 4.56. The second-order valence-electron chi connectivity index (χ2n) is 6.48. The summed E-state index contributed by atoms with van der Waals surface area (Å²) in [4.78, 5) is 26.4. The van der Waals surface area contributed by atoms with E-state index >= 15 is 0 Å². The number of nitrogens with zero attached hydrogens (tertiary/aromatic N) is 3. The third-order valence-corrected chi connectivity index (χ3v) is 6.60. The Bertz CT molecular complexity index is 1040. The molecule has 0 aromatic heterocycles. The number of benzene rings is 2. The first-order valence-corrected chi connectivity index (χ1v) is 11.3. The highest BCUT2D eigenvalue weighted by molar-refractivity contribution is 7.89. The van der Waals surface area contributed by atoms with Gasteiger partial charge in [-0.3, -0.25) is 4.79 Å². The fourth-order valence-corrected chi connectivity index (χ4v) is 4.46. The number of hydrogen-bond donors (Lipinski definition) is 0. The fourth-order valence-electron chi connectivity index (χ4n) is 2.95. The Morgan fingerprint density at radius 3 is 2.32 bits per heavy atom. The predicted octanol–water partition coefficient (Wildman–Crippen LogP) is 2.82. The monoisotopic (exact) mass is 443 g/mol. The molecule has 0 aliphatic heterocycles. The molecule has 2 aromatic rings. The first-order valence-electron chi connectivity index (χ1n) is 9.84. The zero-order valence-corrected chi connectivity index (χ0v) is 18.3. The van der Waals surface area contributed by atoms with E-state index in [-0.39, 0.29) is 23.4 Å². The highest BCUT2D eigenvalue weighted by Gasteiger charge is 2.23.